The van der Waals surface area contributed by atoms with Crippen molar-refractivity contribution in [1.29, 1.82) is 0 Å². The van der Waals surface area contributed by atoms with Crippen LogP contribution in [-0.2, 0) is 0 Å². The fraction of sp³-hybridized carbons (Fsp3) is 0. The van der Waals surface area contributed by atoms with E-state index in [0.717, 1.165) is 12.3 Å². The number of ketones is 1. The molecule has 2 aromatic carbocycles. The molecule has 0 atom stereocenters. The largest absolute Gasteiger partial charge is 0.430 e. The molecule has 1 N–H and O–H groups in total. The zero-order valence-corrected chi connectivity index (χ0v) is 13.6. The van der Waals surface area contributed by atoms with Gasteiger partial charge in [-0.3, -0.25) is 9.59 Å². The molecule has 0 fully saturated rings. The van der Waals surface area contributed by atoms with Gasteiger partial charge in [0.1, 0.15) is 6.26 Å². The third kappa shape index (κ3) is 3.84. The lowest BCUT2D eigenvalue weighted by Crippen LogP contribution is -2.16. The summed E-state index contributed by atoms with van der Waals surface area (Å²) in [6.45, 7) is 0. The molecule has 0 aliphatic rings. The maximum absolute atomic E-state index is 12.7. The topological polar surface area (TPSA) is 76.4 Å². The third-order valence-corrected chi connectivity index (χ3v) is 3.71. The van der Waals surface area contributed by atoms with E-state index in [9.17, 15) is 14.4 Å². The Bertz CT molecular complexity index is 975. The van der Waals surface area contributed by atoms with Crippen LogP contribution < -0.4 is 10.9 Å². The summed E-state index contributed by atoms with van der Waals surface area (Å²) in [5.74, 6) is -0.772. The van der Waals surface area contributed by atoms with Crippen molar-refractivity contribution in [2.24, 2.45) is 0 Å². The molecule has 0 saturated carbocycles. The van der Waals surface area contributed by atoms with Crippen LogP contribution >= 0.6 is 11.6 Å². The van der Waals surface area contributed by atoms with Gasteiger partial charge >= 0.3 is 5.63 Å². The van der Waals surface area contributed by atoms with E-state index in [-0.39, 0.29) is 16.9 Å². The molecule has 0 radical (unpaired) electrons. The van der Waals surface area contributed by atoms with E-state index < -0.39 is 11.5 Å². The zero-order chi connectivity index (χ0) is 17.8. The highest BCUT2D eigenvalue weighted by Gasteiger charge is 2.17. The number of carbonyl (C=O) groups is 2. The Hall–Kier alpha value is -3.18. The number of amides is 1. The van der Waals surface area contributed by atoms with Crippen LogP contribution in [0.4, 0.5) is 5.69 Å². The molecular formula is C19H12ClNO4. The summed E-state index contributed by atoms with van der Waals surface area (Å²) in [7, 11) is 0. The maximum Gasteiger partial charge on any atom is 0.335 e. The molecule has 6 heteroatoms. The van der Waals surface area contributed by atoms with Gasteiger partial charge < -0.3 is 9.73 Å². The summed E-state index contributed by atoms with van der Waals surface area (Å²) in [6, 6.07) is 15.8. The Kier molecular flexibility index (Phi) is 4.77. The van der Waals surface area contributed by atoms with Crippen molar-refractivity contribution < 1.29 is 14.0 Å². The van der Waals surface area contributed by atoms with E-state index in [1.54, 1.807) is 42.5 Å². The lowest BCUT2D eigenvalue weighted by molar-refractivity contribution is 0.102. The number of hydrogen-bond donors (Lipinski definition) is 1. The van der Waals surface area contributed by atoms with Gasteiger partial charge in [-0.05, 0) is 24.3 Å². The standard InChI is InChI=1S/C19H12ClNO4/c20-14-7-8-16(21-19(24)13-6-9-17(22)25-11-13)15(10-14)18(23)12-4-2-1-3-5-12/h1-11H,(H,21,24). The molecule has 0 saturated heterocycles. The molecule has 1 aromatic heterocycles. The van der Waals surface area contributed by atoms with Gasteiger partial charge in [0.15, 0.2) is 5.78 Å². The Morgan fingerprint density at radius 2 is 1.68 bits per heavy atom. The molecule has 5 nitrogen and oxygen atoms in total. The first kappa shape index (κ1) is 16.7. The fourth-order valence-electron chi connectivity index (χ4n) is 2.24. The highest BCUT2D eigenvalue weighted by atomic mass is 35.5. The van der Waals surface area contributed by atoms with Gasteiger partial charge in [-0.1, -0.05) is 41.9 Å². The van der Waals surface area contributed by atoms with Gasteiger partial charge in [-0.2, -0.15) is 0 Å². The van der Waals surface area contributed by atoms with E-state index in [1.807, 2.05) is 0 Å². The summed E-state index contributed by atoms with van der Waals surface area (Å²) >= 11 is 6.00. The lowest BCUT2D eigenvalue weighted by Gasteiger charge is -2.11. The van der Waals surface area contributed by atoms with Crippen molar-refractivity contribution in [3.8, 4) is 0 Å². The van der Waals surface area contributed by atoms with Crippen LogP contribution in [0, 0.1) is 0 Å². The summed E-state index contributed by atoms with van der Waals surface area (Å²) < 4.78 is 4.68. The second kappa shape index (κ2) is 7.15. The van der Waals surface area contributed by atoms with E-state index in [1.165, 1.54) is 12.1 Å². The predicted molar refractivity (Wildman–Crippen MR) is 94.3 cm³/mol. The predicted octanol–water partition coefficient (Wildman–Crippen LogP) is 3.78. The second-order valence-electron chi connectivity index (χ2n) is 5.18. The quantitative estimate of drug-likeness (QED) is 0.724. The van der Waals surface area contributed by atoms with Gasteiger partial charge in [0, 0.05) is 22.2 Å². The first-order valence-corrected chi connectivity index (χ1v) is 7.72. The number of hydrogen-bond acceptors (Lipinski definition) is 4. The van der Waals surface area contributed by atoms with Crippen molar-refractivity contribution in [3.05, 3.63) is 99.1 Å². The van der Waals surface area contributed by atoms with Gasteiger partial charge in [-0.15, -0.1) is 0 Å². The molecule has 3 aromatic rings. The van der Waals surface area contributed by atoms with Crippen LogP contribution in [0.5, 0.6) is 0 Å². The van der Waals surface area contributed by atoms with E-state index in [2.05, 4.69) is 9.73 Å². The second-order valence-corrected chi connectivity index (χ2v) is 5.62. The first-order chi connectivity index (χ1) is 12.0. The average molecular weight is 354 g/mol. The molecule has 124 valence electrons. The van der Waals surface area contributed by atoms with Crippen LogP contribution in [0.15, 0.2) is 76.1 Å². The number of anilines is 1. The normalized spacial score (nSPS) is 10.3. The molecule has 25 heavy (non-hydrogen) atoms. The molecule has 0 aliphatic heterocycles. The zero-order valence-electron chi connectivity index (χ0n) is 12.9. The van der Waals surface area contributed by atoms with E-state index in [4.69, 9.17) is 11.6 Å². The van der Waals surface area contributed by atoms with E-state index in [0.29, 0.717) is 16.3 Å². The van der Waals surface area contributed by atoms with Crippen molar-refractivity contribution in [2.75, 3.05) is 5.32 Å². The van der Waals surface area contributed by atoms with Crippen LogP contribution in [0.3, 0.4) is 0 Å². The van der Waals surface area contributed by atoms with Crippen LogP contribution in [-0.4, -0.2) is 11.7 Å². The summed E-state index contributed by atoms with van der Waals surface area (Å²) in [6.07, 6.45) is 1.06. The fourth-order valence-corrected chi connectivity index (χ4v) is 2.41. The van der Waals surface area contributed by atoms with Gasteiger partial charge in [0.2, 0.25) is 0 Å². The minimum Gasteiger partial charge on any atom is -0.430 e. The number of carbonyl (C=O) groups excluding carboxylic acids is 2. The number of nitrogens with one attached hydrogen (secondary N) is 1. The number of benzene rings is 2. The van der Waals surface area contributed by atoms with E-state index >= 15 is 0 Å². The smallest absolute Gasteiger partial charge is 0.335 e. The SMILES string of the molecule is O=C(Nc1ccc(Cl)cc1C(=O)c1ccccc1)c1ccc(=O)oc1. The molecular weight excluding hydrogens is 342 g/mol. The molecule has 3 rings (SSSR count). The highest BCUT2D eigenvalue weighted by molar-refractivity contribution is 6.31. The molecule has 0 unspecified atom stereocenters. The third-order valence-electron chi connectivity index (χ3n) is 3.47. The summed E-state index contributed by atoms with van der Waals surface area (Å²) in [5.41, 5.74) is 0.667. The minimum absolute atomic E-state index is 0.160. The highest BCUT2D eigenvalue weighted by Crippen LogP contribution is 2.24. The Labute approximate surface area is 147 Å². The molecule has 0 bridgehead atoms. The Morgan fingerprint density at radius 3 is 2.36 bits per heavy atom. The first-order valence-electron chi connectivity index (χ1n) is 7.34. The molecule has 1 heterocycles. The molecule has 1 amide bonds. The minimum atomic E-state index is -0.553. The number of rotatable bonds is 4. The summed E-state index contributed by atoms with van der Waals surface area (Å²) in [4.78, 5) is 36.0. The van der Waals surface area contributed by atoms with Crippen molar-refractivity contribution in [1.82, 2.24) is 0 Å². The van der Waals surface area contributed by atoms with Crippen LogP contribution in [0.2, 0.25) is 5.02 Å². The van der Waals surface area contributed by atoms with Crippen LogP contribution in [0.25, 0.3) is 0 Å². The summed E-state index contributed by atoms with van der Waals surface area (Å²) in [5, 5.41) is 3.02. The van der Waals surface area contributed by atoms with Crippen molar-refractivity contribution >= 4 is 29.0 Å². The maximum atomic E-state index is 12.7. The monoisotopic (exact) mass is 353 g/mol. The number of halogens is 1. The van der Waals surface area contributed by atoms with Gasteiger partial charge in [0.05, 0.1) is 11.3 Å². The average Bonchev–Trinajstić information content (AvgIpc) is 2.64. The molecule has 0 spiro atoms. The molecule has 0 aliphatic carbocycles. The van der Waals surface area contributed by atoms with Gasteiger partial charge in [0.25, 0.3) is 5.91 Å². The van der Waals surface area contributed by atoms with Crippen molar-refractivity contribution in [3.63, 3.8) is 0 Å². The van der Waals surface area contributed by atoms with Crippen LogP contribution in [0.1, 0.15) is 26.3 Å². The Balaban J connectivity index is 1.94. The Morgan fingerprint density at radius 1 is 0.920 bits per heavy atom. The van der Waals surface area contributed by atoms with Crippen molar-refractivity contribution in [2.45, 2.75) is 0 Å². The van der Waals surface area contributed by atoms with Gasteiger partial charge in [-0.25, -0.2) is 4.79 Å². The lowest BCUT2D eigenvalue weighted by atomic mass is 10.0.